The summed E-state index contributed by atoms with van der Waals surface area (Å²) in [4.78, 5) is 39.2. The molecule has 2 aromatic rings. The number of hydrogen-bond acceptors (Lipinski definition) is 5. The van der Waals surface area contributed by atoms with Gasteiger partial charge >= 0.3 is 5.97 Å². The Hall–Kier alpha value is -2.77. The highest BCUT2D eigenvalue weighted by Gasteiger charge is 2.27. The molecule has 0 fully saturated rings. The Morgan fingerprint density at radius 2 is 1.93 bits per heavy atom. The zero-order valence-corrected chi connectivity index (χ0v) is 17.1. The summed E-state index contributed by atoms with van der Waals surface area (Å²) in [5.74, 6) is -0.925. The van der Waals surface area contributed by atoms with Crippen LogP contribution in [0, 0.1) is 0 Å². The van der Waals surface area contributed by atoms with Crippen molar-refractivity contribution >= 4 is 46.7 Å². The zero-order chi connectivity index (χ0) is 21.0. The number of fused-ring (bicyclic) bond motifs is 1. The van der Waals surface area contributed by atoms with Crippen LogP contribution in [-0.4, -0.2) is 49.5 Å². The number of halogens is 2. The van der Waals surface area contributed by atoms with Crippen LogP contribution in [0.1, 0.15) is 5.56 Å². The highest BCUT2D eigenvalue weighted by Crippen LogP contribution is 2.31. The molecule has 0 aliphatic carbocycles. The molecule has 3 rings (SSSR count). The Labute approximate surface area is 177 Å². The molecule has 9 heteroatoms. The Balaban J connectivity index is 1.53. The average molecular weight is 437 g/mol. The van der Waals surface area contributed by atoms with Crippen LogP contribution in [0.5, 0.6) is 5.75 Å². The average Bonchev–Trinajstić information content (AvgIpc) is 2.71. The van der Waals surface area contributed by atoms with Crippen LogP contribution in [0.2, 0.25) is 10.0 Å². The standard InChI is InChI=1S/C20H18Cl2N2O5/c1-23(9-13-6-7-14(21)15(22)8-13)18(25)11-29-20(27)10-24-16-4-2-3-5-17(16)28-12-19(24)26/h2-8H,9-12H2,1H3. The van der Waals surface area contributed by atoms with E-state index < -0.39 is 18.5 Å². The number of ether oxygens (including phenoxy) is 2. The molecule has 0 saturated carbocycles. The molecule has 152 valence electrons. The summed E-state index contributed by atoms with van der Waals surface area (Å²) in [6, 6.07) is 12.0. The molecule has 7 nitrogen and oxygen atoms in total. The Morgan fingerprint density at radius 3 is 2.69 bits per heavy atom. The fourth-order valence-electron chi connectivity index (χ4n) is 2.75. The highest BCUT2D eigenvalue weighted by atomic mass is 35.5. The third-order valence-corrected chi connectivity index (χ3v) is 5.02. The lowest BCUT2D eigenvalue weighted by Crippen LogP contribution is -2.43. The van der Waals surface area contributed by atoms with E-state index in [-0.39, 0.29) is 25.6 Å². The molecular weight excluding hydrogens is 419 g/mol. The van der Waals surface area contributed by atoms with Gasteiger partial charge in [-0.05, 0) is 29.8 Å². The van der Waals surface area contributed by atoms with E-state index in [9.17, 15) is 14.4 Å². The highest BCUT2D eigenvalue weighted by molar-refractivity contribution is 6.42. The van der Waals surface area contributed by atoms with E-state index in [0.717, 1.165) is 5.56 Å². The van der Waals surface area contributed by atoms with Crippen molar-refractivity contribution in [1.29, 1.82) is 0 Å². The summed E-state index contributed by atoms with van der Waals surface area (Å²) in [6.07, 6.45) is 0. The van der Waals surface area contributed by atoms with Gasteiger partial charge in [0.05, 0.1) is 15.7 Å². The number of amides is 2. The number of nitrogens with zero attached hydrogens (tertiary/aromatic N) is 2. The number of rotatable bonds is 6. The van der Waals surface area contributed by atoms with Crippen LogP contribution < -0.4 is 9.64 Å². The van der Waals surface area contributed by atoms with Crippen LogP contribution in [0.4, 0.5) is 5.69 Å². The number of hydrogen-bond donors (Lipinski definition) is 0. The number of carbonyl (C=O) groups excluding carboxylic acids is 3. The van der Waals surface area contributed by atoms with Gasteiger partial charge in [-0.1, -0.05) is 41.4 Å². The SMILES string of the molecule is CN(Cc1ccc(Cl)c(Cl)c1)C(=O)COC(=O)CN1C(=O)COc2ccccc21. The largest absolute Gasteiger partial charge is 0.482 e. The van der Waals surface area contributed by atoms with Gasteiger partial charge in [-0.2, -0.15) is 0 Å². The monoisotopic (exact) mass is 436 g/mol. The molecule has 1 aliphatic heterocycles. The number of anilines is 1. The van der Waals surface area contributed by atoms with Gasteiger partial charge in [-0.15, -0.1) is 0 Å². The van der Waals surface area contributed by atoms with E-state index in [1.807, 2.05) is 0 Å². The van der Waals surface area contributed by atoms with E-state index >= 15 is 0 Å². The lowest BCUT2D eigenvalue weighted by atomic mass is 10.2. The van der Waals surface area contributed by atoms with Gasteiger partial charge in [-0.25, -0.2) is 0 Å². The van der Waals surface area contributed by atoms with Crippen molar-refractivity contribution in [3.05, 3.63) is 58.1 Å². The second kappa shape index (κ2) is 9.15. The molecule has 0 radical (unpaired) electrons. The molecule has 29 heavy (non-hydrogen) atoms. The van der Waals surface area contributed by atoms with Crippen LogP contribution in [0.25, 0.3) is 0 Å². The minimum absolute atomic E-state index is 0.157. The zero-order valence-electron chi connectivity index (χ0n) is 15.6. The minimum atomic E-state index is -0.689. The van der Waals surface area contributed by atoms with Crippen molar-refractivity contribution < 1.29 is 23.9 Å². The first-order valence-electron chi connectivity index (χ1n) is 8.71. The maximum absolute atomic E-state index is 12.2. The number of likely N-dealkylation sites (N-methyl/N-ethyl adjacent to an activating group) is 1. The van der Waals surface area contributed by atoms with Gasteiger partial charge in [0.2, 0.25) is 0 Å². The maximum atomic E-state index is 12.2. The first-order valence-corrected chi connectivity index (χ1v) is 9.46. The first-order chi connectivity index (χ1) is 13.8. The van der Waals surface area contributed by atoms with Crippen molar-refractivity contribution in [1.82, 2.24) is 4.90 Å². The minimum Gasteiger partial charge on any atom is -0.482 e. The normalized spacial score (nSPS) is 12.8. The topological polar surface area (TPSA) is 76.2 Å². The molecule has 1 aliphatic rings. The van der Waals surface area contributed by atoms with Gasteiger partial charge in [0.25, 0.3) is 11.8 Å². The molecule has 0 aromatic heterocycles. The molecule has 0 spiro atoms. The van der Waals surface area contributed by atoms with Crippen LogP contribution in [0.15, 0.2) is 42.5 Å². The van der Waals surface area contributed by atoms with Gasteiger partial charge in [0.1, 0.15) is 12.3 Å². The van der Waals surface area contributed by atoms with Gasteiger partial charge in [0.15, 0.2) is 13.2 Å². The third-order valence-electron chi connectivity index (χ3n) is 4.28. The quantitative estimate of drug-likeness (QED) is 0.650. The maximum Gasteiger partial charge on any atom is 0.326 e. The smallest absolute Gasteiger partial charge is 0.326 e. The number of carbonyl (C=O) groups is 3. The number of para-hydroxylation sites is 2. The van der Waals surface area contributed by atoms with Crippen molar-refractivity contribution in [3.63, 3.8) is 0 Å². The fraction of sp³-hybridized carbons (Fsp3) is 0.250. The second-order valence-electron chi connectivity index (χ2n) is 6.40. The molecule has 1 heterocycles. The molecular formula is C20H18Cl2N2O5. The molecule has 0 atom stereocenters. The molecule has 0 N–H and O–H groups in total. The van der Waals surface area contributed by atoms with Crippen LogP contribution >= 0.6 is 23.2 Å². The summed E-state index contributed by atoms with van der Waals surface area (Å²) in [5.41, 5.74) is 1.28. The molecule has 2 amide bonds. The first kappa shape index (κ1) is 21.0. The van der Waals surface area contributed by atoms with Gasteiger partial charge in [0, 0.05) is 13.6 Å². The number of esters is 1. The van der Waals surface area contributed by atoms with Crippen molar-refractivity contribution in [2.24, 2.45) is 0 Å². The van der Waals surface area contributed by atoms with Gasteiger partial charge in [-0.3, -0.25) is 19.3 Å². The lowest BCUT2D eigenvalue weighted by Gasteiger charge is -2.28. The molecule has 2 aromatic carbocycles. The van der Waals surface area contributed by atoms with Crippen molar-refractivity contribution in [2.45, 2.75) is 6.54 Å². The molecule has 0 unspecified atom stereocenters. The summed E-state index contributed by atoms with van der Waals surface area (Å²) in [5, 5.41) is 0.824. The van der Waals surface area contributed by atoms with Crippen molar-refractivity contribution in [3.8, 4) is 5.75 Å². The van der Waals surface area contributed by atoms with E-state index in [0.29, 0.717) is 21.5 Å². The second-order valence-corrected chi connectivity index (χ2v) is 7.21. The van der Waals surface area contributed by atoms with E-state index in [4.69, 9.17) is 32.7 Å². The lowest BCUT2D eigenvalue weighted by molar-refractivity contribution is -0.151. The summed E-state index contributed by atoms with van der Waals surface area (Å²) in [6.45, 7) is -0.613. The van der Waals surface area contributed by atoms with Crippen molar-refractivity contribution in [2.75, 3.05) is 31.7 Å². The van der Waals surface area contributed by atoms with E-state index in [1.54, 1.807) is 49.5 Å². The van der Waals surface area contributed by atoms with E-state index in [1.165, 1.54) is 9.80 Å². The summed E-state index contributed by atoms with van der Waals surface area (Å²) in [7, 11) is 1.58. The van der Waals surface area contributed by atoms with Crippen LogP contribution in [-0.2, 0) is 25.7 Å². The summed E-state index contributed by atoms with van der Waals surface area (Å²) >= 11 is 11.9. The molecule has 0 saturated heterocycles. The third kappa shape index (κ3) is 5.19. The Kier molecular flexibility index (Phi) is 6.61. The Bertz CT molecular complexity index is 950. The fourth-order valence-corrected chi connectivity index (χ4v) is 3.08. The van der Waals surface area contributed by atoms with Gasteiger partial charge < -0.3 is 14.4 Å². The molecule has 0 bridgehead atoms. The number of benzene rings is 2. The van der Waals surface area contributed by atoms with Crippen LogP contribution in [0.3, 0.4) is 0 Å². The Morgan fingerprint density at radius 1 is 1.17 bits per heavy atom. The van der Waals surface area contributed by atoms with E-state index in [2.05, 4.69) is 0 Å². The summed E-state index contributed by atoms with van der Waals surface area (Å²) < 4.78 is 10.4. The predicted octanol–water partition coefficient (Wildman–Crippen LogP) is 2.92. The predicted molar refractivity (Wildman–Crippen MR) is 108 cm³/mol.